The number of unbranched alkanes of at least 4 members (excludes halogenated alkanes) is 10. The van der Waals surface area contributed by atoms with Crippen LogP contribution < -0.4 is 0 Å². The zero-order valence-electron chi connectivity index (χ0n) is 33.3. The number of hydrogen-bond donors (Lipinski definition) is 4. The van der Waals surface area contributed by atoms with Crippen LogP contribution in [0.4, 0.5) is 0 Å². The Morgan fingerprint density at radius 2 is 1.06 bits per heavy atom. The first-order valence-electron chi connectivity index (χ1n) is 20.4. The van der Waals surface area contributed by atoms with Crippen molar-refractivity contribution in [3.63, 3.8) is 0 Å². The largest absolute Gasteiger partial charge is 0.469 e. The average Bonchev–Trinajstić information content (AvgIpc) is 3.14. The van der Waals surface area contributed by atoms with Crippen molar-refractivity contribution in [3.8, 4) is 0 Å². The van der Waals surface area contributed by atoms with E-state index in [0.29, 0.717) is 25.7 Å². The highest BCUT2D eigenvalue weighted by molar-refractivity contribution is 7.46. The molecule has 0 aliphatic heterocycles. The van der Waals surface area contributed by atoms with E-state index in [1.54, 1.807) is 0 Å². The summed E-state index contributed by atoms with van der Waals surface area (Å²) in [6.07, 6.45) is 40.9. The number of aliphatic hydroxyl groups excluding tert-OH is 2. The SMILES string of the molecule is CCCCC/C=C\C/C=C\C/C=C\C/C=C\C/C=C\CCC(=O)O[C@H](COC(=O)CCCCCCC[C@@H](O)[C@H](O)C/C=C\CCCCC)COP(=O)(O)O. The highest BCUT2D eigenvalue weighted by Crippen LogP contribution is 2.36. The van der Waals surface area contributed by atoms with Crippen molar-refractivity contribution in [2.45, 2.75) is 173 Å². The van der Waals surface area contributed by atoms with Gasteiger partial charge in [0.2, 0.25) is 0 Å². The molecule has 0 saturated carbocycles. The number of aliphatic hydroxyl groups is 2. The Kier molecular flexibility index (Phi) is 35.5. The molecule has 0 heterocycles. The van der Waals surface area contributed by atoms with Crippen LogP contribution in [-0.2, 0) is 28.2 Å². The molecule has 4 N–H and O–H groups in total. The first kappa shape index (κ1) is 51.4. The molecule has 0 radical (unpaired) electrons. The van der Waals surface area contributed by atoms with Crippen LogP contribution in [0.15, 0.2) is 72.9 Å². The Morgan fingerprint density at radius 1 is 0.556 bits per heavy atom. The molecule has 0 aromatic heterocycles. The second-order valence-electron chi connectivity index (χ2n) is 13.6. The minimum Gasteiger partial charge on any atom is -0.462 e. The molecule has 0 rings (SSSR count). The highest BCUT2D eigenvalue weighted by atomic mass is 31.2. The number of ether oxygens (including phenoxy) is 2. The molecule has 0 aromatic carbocycles. The number of carbonyl (C=O) groups is 2. The third kappa shape index (κ3) is 37.7. The van der Waals surface area contributed by atoms with E-state index >= 15 is 0 Å². The van der Waals surface area contributed by atoms with Crippen LogP contribution in [0.1, 0.15) is 155 Å². The molecule has 3 atom stereocenters. The van der Waals surface area contributed by atoms with Crippen LogP contribution in [0.25, 0.3) is 0 Å². The molecule has 0 spiro atoms. The van der Waals surface area contributed by atoms with Gasteiger partial charge in [-0.15, -0.1) is 0 Å². The summed E-state index contributed by atoms with van der Waals surface area (Å²) in [5.41, 5.74) is 0. The van der Waals surface area contributed by atoms with Crippen molar-refractivity contribution < 1.29 is 48.2 Å². The summed E-state index contributed by atoms with van der Waals surface area (Å²) < 4.78 is 26.2. The fourth-order valence-electron chi connectivity index (χ4n) is 5.20. The minimum absolute atomic E-state index is 0.0532. The van der Waals surface area contributed by atoms with Crippen molar-refractivity contribution in [1.29, 1.82) is 0 Å². The zero-order chi connectivity index (χ0) is 40.0. The van der Waals surface area contributed by atoms with Gasteiger partial charge in [0.15, 0.2) is 6.10 Å². The van der Waals surface area contributed by atoms with Crippen molar-refractivity contribution >= 4 is 19.8 Å². The predicted octanol–water partition coefficient (Wildman–Crippen LogP) is 10.2. The number of allylic oxidation sites excluding steroid dienone is 11. The van der Waals surface area contributed by atoms with Crippen LogP contribution in [-0.4, -0.2) is 63.5 Å². The fourth-order valence-corrected chi connectivity index (χ4v) is 5.56. The summed E-state index contributed by atoms with van der Waals surface area (Å²) in [5.74, 6) is -1.10. The van der Waals surface area contributed by atoms with E-state index in [1.165, 1.54) is 38.5 Å². The normalized spacial score (nSPS) is 14.4. The molecule has 0 amide bonds. The fraction of sp³-hybridized carbons (Fsp3) is 0.674. The van der Waals surface area contributed by atoms with Crippen LogP contribution >= 0.6 is 7.82 Å². The molecule has 10 nitrogen and oxygen atoms in total. The lowest BCUT2D eigenvalue weighted by Gasteiger charge is -2.18. The van der Waals surface area contributed by atoms with Gasteiger partial charge in [0.25, 0.3) is 0 Å². The Hall–Kier alpha value is -2.59. The van der Waals surface area contributed by atoms with Crippen LogP contribution in [0.2, 0.25) is 0 Å². The van der Waals surface area contributed by atoms with E-state index in [9.17, 15) is 24.4 Å². The summed E-state index contributed by atoms with van der Waals surface area (Å²) in [4.78, 5) is 42.8. The standard InChI is InChI=1S/C43H73O10P/c1-3-5-7-9-11-12-13-14-15-16-17-18-19-20-21-22-23-27-32-36-43(47)53-39(38-52-54(48,49)50)37-51-42(46)35-31-28-24-26-30-34-41(45)40(44)33-29-25-10-8-6-4-2/h11-12,14-15,17-18,20-21,23,25,27,29,39-41,44-45H,3-10,13,16,19,22,24,26,28,30-38H2,1-2H3,(H2,48,49,50)/b12-11-,15-14-,18-17-,21-20-,27-23-,29-25-/t39-,40-,41-/m1/s1. The maximum absolute atomic E-state index is 12.4. The summed E-state index contributed by atoms with van der Waals surface area (Å²) >= 11 is 0. The van der Waals surface area contributed by atoms with Gasteiger partial charge in [0.1, 0.15) is 6.61 Å². The number of phosphoric ester groups is 1. The monoisotopic (exact) mass is 780 g/mol. The first-order valence-corrected chi connectivity index (χ1v) is 21.9. The predicted molar refractivity (Wildman–Crippen MR) is 219 cm³/mol. The summed E-state index contributed by atoms with van der Waals surface area (Å²) in [6, 6.07) is 0. The van der Waals surface area contributed by atoms with Crippen molar-refractivity contribution in [2.24, 2.45) is 0 Å². The minimum atomic E-state index is -4.81. The zero-order valence-corrected chi connectivity index (χ0v) is 34.2. The maximum Gasteiger partial charge on any atom is 0.469 e. The van der Waals surface area contributed by atoms with E-state index in [1.807, 2.05) is 18.2 Å². The molecule has 0 aliphatic rings. The molecular formula is C43H73O10P. The Bertz CT molecular complexity index is 1140. The molecule has 0 aromatic rings. The molecule has 0 bridgehead atoms. The third-order valence-corrected chi connectivity index (χ3v) is 8.90. The summed E-state index contributed by atoms with van der Waals surface area (Å²) in [7, 11) is -4.81. The lowest BCUT2D eigenvalue weighted by atomic mass is 10.0. The second kappa shape index (κ2) is 37.3. The van der Waals surface area contributed by atoms with Gasteiger partial charge in [-0.2, -0.15) is 0 Å². The van der Waals surface area contributed by atoms with E-state index in [0.717, 1.165) is 64.2 Å². The van der Waals surface area contributed by atoms with Gasteiger partial charge >= 0.3 is 19.8 Å². The van der Waals surface area contributed by atoms with E-state index in [-0.39, 0.29) is 19.4 Å². The average molecular weight is 781 g/mol. The first-order chi connectivity index (χ1) is 26.1. The van der Waals surface area contributed by atoms with Gasteiger partial charge in [-0.1, -0.05) is 138 Å². The molecule has 310 valence electrons. The second-order valence-corrected chi connectivity index (χ2v) is 14.8. The number of hydrogen-bond acceptors (Lipinski definition) is 8. The molecule has 54 heavy (non-hydrogen) atoms. The number of phosphoric acid groups is 1. The molecule has 0 fully saturated rings. The van der Waals surface area contributed by atoms with Crippen LogP contribution in [0, 0.1) is 0 Å². The van der Waals surface area contributed by atoms with Crippen molar-refractivity contribution in [3.05, 3.63) is 72.9 Å². The number of esters is 2. The van der Waals surface area contributed by atoms with Crippen LogP contribution in [0.3, 0.4) is 0 Å². The highest BCUT2D eigenvalue weighted by Gasteiger charge is 2.23. The molecule has 11 heteroatoms. The van der Waals surface area contributed by atoms with Crippen molar-refractivity contribution in [1.82, 2.24) is 0 Å². The quantitative estimate of drug-likeness (QED) is 0.0209. The summed E-state index contributed by atoms with van der Waals surface area (Å²) in [6.45, 7) is 3.39. The Labute approximate surface area is 326 Å². The van der Waals surface area contributed by atoms with Crippen molar-refractivity contribution in [2.75, 3.05) is 13.2 Å². The van der Waals surface area contributed by atoms with E-state index in [2.05, 4.69) is 73.1 Å². The summed E-state index contributed by atoms with van der Waals surface area (Å²) in [5, 5.41) is 20.3. The van der Waals surface area contributed by atoms with Gasteiger partial charge in [0, 0.05) is 12.8 Å². The smallest absolute Gasteiger partial charge is 0.462 e. The molecule has 0 saturated heterocycles. The lowest BCUT2D eigenvalue weighted by molar-refractivity contribution is -0.161. The lowest BCUT2D eigenvalue weighted by Crippen LogP contribution is -2.29. The Balaban J connectivity index is 4.20. The van der Waals surface area contributed by atoms with Crippen LogP contribution in [0.5, 0.6) is 0 Å². The molecule has 0 aliphatic carbocycles. The Morgan fingerprint density at radius 3 is 1.61 bits per heavy atom. The van der Waals surface area contributed by atoms with Gasteiger partial charge in [0.05, 0.1) is 18.8 Å². The molecular weight excluding hydrogens is 707 g/mol. The third-order valence-electron chi connectivity index (χ3n) is 8.41. The molecule has 0 unspecified atom stereocenters. The topological polar surface area (TPSA) is 160 Å². The van der Waals surface area contributed by atoms with Gasteiger partial charge in [-0.3, -0.25) is 14.1 Å². The number of carbonyl (C=O) groups excluding carboxylic acids is 2. The van der Waals surface area contributed by atoms with E-state index < -0.39 is 44.7 Å². The number of rotatable bonds is 36. The van der Waals surface area contributed by atoms with E-state index in [4.69, 9.17) is 19.3 Å². The van der Waals surface area contributed by atoms with Gasteiger partial charge in [-0.25, -0.2) is 4.57 Å². The van der Waals surface area contributed by atoms with Gasteiger partial charge < -0.3 is 29.5 Å². The van der Waals surface area contributed by atoms with Gasteiger partial charge in [-0.05, 0) is 77.0 Å². The maximum atomic E-state index is 12.4.